The van der Waals surface area contributed by atoms with Crippen molar-refractivity contribution in [3.63, 3.8) is 0 Å². The number of aromatic nitrogens is 2. The molecule has 3 aliphatic rings. The number of fused-ring (bicyclic) bond motifs is 1. The van der Waals surface area contributed by atoms with Gasteiger partial charge < -0.3 is 24.7 Å². The van der Waals surface area contributed by atoms with Gasteiger partial charge in [0.1, 0.15) is 28.6 Å². The lowest BCUT2D eigenvalue weighted by Crippen LogP contribution is -2.47. The summed E-state index contributed by atoms with van der Waals surface area (Å²) in [6.45, 7) is 10.4. The molecule has 2 aliphatic heterocycles. The number of anilines is 2. The van der Waals surface area contributed by atoms with Gasteiger partial charge >= 0.3 is 6.18 Å². The number of alkyl halides is 3. The Morgan fingerprint density at radius 1 is 1.06 bits per heavy atom. The van der Waals surface area contributed by atoms with Gasteiger partial charge in [-0.25, -0.2) is 13.4 Å². The number of nitro groups is 1. The summed E-state index contributed by atoms with van der Waals surface area (Å²) in [5.41, 5.74) is 4.36. The molecule has 2 N–H and O–H groups in total. The first-order chi connectivity index (χ1) is 29.9. The number of hydrogen-bond donors (Lipinski definition) is 2. The Labute approximate surface area is 363 Å². The van der Waals surface area contributed by atoms with Crippen molar-refractivity contribution in [2.24, 2.45) is 5.41 Å². The van der Waals surface area contributed by atoms with Crippen molar-refractivity contribution in [2.45, 2.75) is 63.6 Å². The Morgan fingerprint density at radius 2 is 1.86 bits per heavy atom. The number of pyridine rings is 1. The van der Waals surface area contributed by atoms with Crippen LogP contribution in [0.1, 0.15) is 66.6 Å². The average Bonchev–Trinajstić information content (AvgIpc) is 3.93. The molecule has 8 rings (SSSR count). The standard InChI is InChI=1S/C46H49F3N6O7S/c1-29-20-32(46(47,48)49)4-7-37(29)39-24-45(2,3)13-10-31(39)26-53-15-17-54(18-16-53)34-5-8-38(43(22-34)62-35-21-30-11-14-50-44(30)51-25-35)42(56)28-63(59,60)36-6-9-40(41(23-36)55(57)58)52-33-12-19-61-27-33/h4-9,11,14,20-23,25,33,52H,10,12-13,15-19,24,26-28H2,1-3H3,(H,50,51)/t33-/m1/s1. The highest BCUT2D eigenvalue weighted by atomic mass is 32.2. The molecule has 2 aromatic heterocycles. The fourth-order valence-corrected chi connectivity index (χ4v) is 9.94. The second kappa shape index (κ2) is 17.4. The van der Waals surface area contributed by atoms with Gasteiger partial charge in [0, 0.05) is 68.7 Å². The van der Waals surface area contributed by atoms with Crippen LogP contribution in [-0.4, -0.2) is 91.7 Å². The summed E-state index contributed by atoms with van der Waals surface area (Å²) < 4.78 is 79.7. The first-order valence-electron chi connectivity index (χ1n) is 20.9. The van der Waals surface area contributed by atoms with Gasteiger partial charge in [0.2, 0.25) is 0 Å². The van der Waals surface area contributed by atoms with Crippen molar-refractivity contribution < 1.29 is 40.8 Å². The number of allylic oxidation sites excluding steroid dienone is 1. The molecule has 0 bridgehead atoms. The average molecular weight is 887 g/mol. The van der Waals surface area contributed by atoms with Gasteiger partial charge in [-0.2, -0.15) is 13.2 Å². The van der Waals surface area contributed by atoms with E-state index in [1.807, 2.05) is 6.07 Å². The molecule has 1 aliphatic carbocycles. The number of piperazine rings is 1. The molecule has 0 radical (unpaired) electrons. The van der Waals surface area contributed by atoms with Crippen LogP contribution in [0.5, 0.6) is 11.5 Å². The number of hydrogen-bond acceptors (Lipinski definition) is 11. The van der Waals surface area contributed by atoms with Crippen LogP contribution in [0.2, 0.25) is 0 Å². The van der Waals surface area contributed by atoms with Crippen molar-refractivity contribution in [2.75, 3.05) is 61.9 Å². The third kappa shape index (κ3) is 9.90. The molecule has 0 amide bonds. The van der Waals surface area contributed by atoms with Crippen LogP contribution in [0, 0.1) is 22.5 Å². The summed E-state index contributed by atoms with van der Waals surface area (Å²) in [6.07, 6.45) is 2.09. The second-order valence-electron chi connectivity index (χ2n) is 17.4. The number of nitrogens with one attached hydrogen (secondary N) is 2. The number of carbonyl (C=O) groups is 1. The summed E-state index contributed by atoms with van der Waals surface area (Å²) in [7, 11) is -4.35. The molecule has 5 aromatic rings. The summed E-state index contributed by atoms with van der Waals surface area (Å²) in [5, 5.41) is 15.8. The number of nitro benzene ring substituents is 1. The Hall–Kier alpha value is -5.78. The molecule has 3 aromatic carbocycles. The number of benzene rings is 3. The van der Waals surface area contributed by atoms with Crippen molar-refractivity contribution in [3.05, 3.63) is 117 Å². The van der Waals surface area contributed by atoms with E-state index in [1.54, 1.807) is 43.5 Å². The van der Waals surface area contributed by atoms with Gasteiger partial charge in [-0.15, -0.1) is 0 Å². The van der Waals surface area contributed by atoms with E-state index < -0.39 is 43.7 Å². The molecule has 63 heavy (non-hydrogen) atoms. The quantitative estimate of drug-likeness (QED) is 0.0659. The monoisotopic (exact) mass is 886 g/mol. The molecule has 17 heteroatoms. The number of sulfone groups is 1. The number of nitrogens with zero attached hydrogens (tertiary/aromatic N) is 4. The highest BCUT2D eigenvalue weighted by Gasteiger charge is 2.34. The number of rotatable bonds is 13. The molecule has 0 spiro atoms. The summed E-state index contributed by atoms with van der Waals surface area (Å²) in [4.78, 5) is 36.9. The third-order valence-corrected chi connectivity index (χ3v) is 13.8. The number of halogens is 3. The fraction of sp³-hybridized carbons (Fsp3) is 0.391. The lowest BCUT2D eigenvalue weighted by molar-refractivity contribution is -0.384. The van der Waals surface area contributed by atoms with Crippen molar-refractivity contribution in [1.82, 2.24) is 14.9 Å². The van der Waals surface area contributed by atoms with E-state index in [2.05, 4.69) is 38.9 Å². The van der Waals surface area contributed by atoms with Crippen LogP contribution >= 0.6 is 0 Å². The van der Waals surface area contributed by atoms with Crippen LogP contribution in [0.15, 0.2) is 89.6 Å². The fourth-order valence-electron chi connectivity index (χ4n) is 8.71. The van der Waals surface area contributed by atoms with Gasteiger partial charge in [-0.1, -0.05) is 25.5 Å². The zero-order valence-corrected chi connectivity index (χ0v) is 36.1. The van der Waals surface area contributed by atoms with Gasteiger partial charge in [0.25, 0.3) is 5.69 Å². The van der Waals surface area contributed by atoms with E-state index in [0.717, 1.165) is 47.5 Å². The number of H-pyrrole nitrogens is 1. The highest BCUT2D eigenvalue weighted by Crippen LogP contribution is 2.45. The molecule has 13 nitrogen and oxygen atoms in total. The molecule has 4 heterocycles. The van der Waals surface area contributed by atoms with Crippen molar-refractivity contribution in [1.29, 1.82) is 0 Å². The predicted octanol–water partition coefficient (Wildman–Crippen LogP) is 9.23. The van der Waals surface area contributed by atoms with Crippen molar-refractivity contribution in [3.8, 4) is 11.5 Å². The predicted molar refractivity (Wildman–Crippen MR) is 234 cm³/mol. The maximum absolute atomic E-state index is 14.0. The van der Waals surface area contributed by atoms with E-state index in [4.69, 9.17) is 9.47 Å². The molecular weight excluding hydrogens is 838 g/mol. The molecule has 0 unspecified atom stereocenters. The SMILES string of the molecule is Cc1cc(C(F)(F)F)ccc1C1=C(CN2CCN(c3ccc(C(=O)CS(=O)(=O)c4ccc(N[C@@H]5CCOC5)c([N+](=O)[O-])c4)c(Oc4cnc5[nH]ccc5c4)c3)CC2)CCC(C)(C)C1. The number of aromatic amines is 1. The first-order valence-corrected chi connectivity index (χ1v) is 22.6. The van der Waals surface area contributed by atoms with Crippen LogP contribution in [0.4, 0.5) is 30.2 Å². The summed E-state index contributed by atoms with van der Waals surface area (Å²) in [6, 6.07) is 16.0. The highest BCUT2D eigenvalue weighted by molar-refractivity contribution is 7.92. The minimum atomic E-state index is -4.41. The largest absolute Gasteiger partial charge is 0.455 e. The van der Waals surface area contributed by atoms with Crippen LogP contribution < -0.4 is 15.0 Å². The molecule has 0 saturated carbocycles. The number of aryl methyl sites for hydroxylation is 1. The minimum absolute atomic E-state index is 0.0161. The van der Waals surface area contributed by atoms with E-state index >= 15 is 0 Å². The molecular formula is C46H49F3N6O7S. The second-order valence-corrected chi connectivity index (χ2v) is 19.4. The lowest BCUT2D eigenvalue weighted by Gasteiger charge is -2.39. The van der Waals surface area contributed by atoms with Gasteiger partial charge in [-0.05, 0) is 103 Å². The number of ether oxygens (including phenoxy) is 2. The van der Waals surface area contributed by atoms with Gasteiger partial charge in [0.05, 0.1) is 39.8 Å². The van der Waals surface area contributed by atoms with E-state index in [-0.39, 0.29) is 33.4 Å². The van der Waals surface area contributed by atoms with Crippen LogP contribution in [0.3, 0.4) is 0 Å². The molecule has 1 atom stereocenters. The Balaban J connectivity index is 1.02. The van der Waals surface area contributed by atoms with Gasteiger partial charge in [0.15, 0.2) is 15.6 Å². The Kier molecular flexibility index (Phi) is 12.1. The summed E-state index contributed by atoms with van der Waals surface area (Å²) >= 11 is 0. The normalized spacial score (nSPS) is 18.5. The number of Topliss-reactive ketones (excluding diaryl/α,β-unsaturated/α-hetero) is 1. The zero-order valence-electron chi connectivity index (χ0n) is 35.3. The maximum atomic E-state index is 14.0. The molecule has 2 saturated heterocycles. The lowest BCUT2D eigenvalue weighted by atomic mass is 9.72. The number of carbonyl (C=O) groups excluding carboxylic acids is 1. The minimum Gasteiger partial charge on any atom is -0.455 e. The number of ketones is 1. The zero-order chi connectivity index (χ0) is 44.7. The Bertz CT molecular complexity index is 2700. The van der Waals surface area contributed by atoms with E-state index in [1.165, 1.54) is 36.0 Å². The topological polar surface area (TPSA) is 160 Å². The first kappa shape index (κ1) is 43.9. The molecule has 2 fully saturated rings. The Morgan fingerprint density at radius 3 is 2.57 bits per heavy atom. The maximum Gasteiger partial charge on any atom is 0.416 e. The van der Waals surface area contributed by atoms with Crippen molar-refractivity contribution >= 4 is 49.3 Å². The van der Waals surface area contributed by atoms with Crippen LogP contribution in [0.25, 0.3) is 16.6 Å². The van der Waals surface area contributed by atoms with Crippen LogP contribution in [-0.2, 0) is 20.8 Å². The summed E-state index contributed by atoms with van der Waals surface area (Å²) in [5.74, 6) is -1.26. The smallest absolute Gasteiger partial charge is 0.416 e. The third-order valence-electron chi connectivity index (χ3n) is 12.2. The van der Waals surface area contributed by atoms with Gasteiger partial charge in [-0.3, -0.25) is 19.8 Å². The van der Waals surface area contributed by atoms with E-state index in [0.29, 0.717) is 69.3 Å². The van der Waals surface area contributed by atoms with E-state index in [9.17, 15) is 36.5 Å². The molecule has 332 valence electrons.